The van der Waals surface area contributed by atoms with E-state index in [1.807, 2.05) is 30.3 Å². The molecule has 3 aromatic carbocycles. The molecule has 0 spiro atoms. The molecule has 1 aliphatic rings. The average molecular weight is 598 g/mol. The van der Waals surface area contributed by atoms with Crippen LogP contribution in [0.4, 0.5) is 42.0 Å². The molecule has 1 saturated carbocycles. The Morgan fingerprint density at radius 1 is 0.976 bits per heavy atom. The van der Waals surface area contributed by atoms with E-state index in [0.29, 0.717) is 28.7 Å². The lowest BCUT2D eigenvalue weighted by molar-refractivity contribution is -0.274. The minimum absolute atomic E-state index is 0.0673. The van der Waals surface area contributed by atoms with Crippen molar-refractivity contribution in [3.05, 3.63) is 96.2 Å². The van der Waals surface area contributed by atoms with Gasteiger partial charge in [0.1, 0.15) is 17.4 Å². The Morgan fingerprint density at radius 2 is 1.62 bits per heavy atom. The zero-order valence-corrected chi connectivity index (χ0v) is 22.9. The number of hydrogen-bond donors (Lipinski definition) is 3. The first-order valence-electron chi connectivity index (χ1n) is 12.9. The van der Waals surface area contributed by atoms with Crippen molar-refractivity contribution in [3.8, 4) is 5.75 Å². The maximum Gasteiger partial charge on any atom is 0.573 e. The maximum atomic E-state index is 12.6. The molecule has 1 fully saturated rings. The molecule has 1 heterocycles. The van der Waals surface area contributed by atoms with Crippen molar-refractivity contribution >= 4 is 45.9 Å². The lowest BCUT2D eigenvalue weighted by Gasteiger charge is -2.24. The van der Waals surface area contributed by atoms with E-state index < -0.39 is 17.6 Å². The van der Waals surface area contributed by atoms with Crippen LogP contribution in [0.2, 0.25) is 0 Å². The highest BCUT2D eigenvalue weighted by Gasteiger charge is 2.32. The molecule has 0 amide bonds. The number of ketones is 1. The number of ether oxygens (including phenoxy) is 1. The molecule has 13 heteroatoms. The Kier molecular flexibility index (Phi) is 8.69. The molecular formula is C29H26F3N5O4S. The van der Waals surface area contributed by atoms with Crippen LogP contribution >= 0.6 is 0 Å². The summed E-state index contributed by atoms with van der Waals surface area (Å²) in [6, 6.07) is 21.9. The summed E-state index contributed by atoms with van der Waals surface area (Å²) in [6.07, 6.45) is -0.821. The summed E-state index contributed by atoms with van der Waals surface area (Å²) < 4.78 is 63.5. The first-order chi connectivity index (χ1) is 20.1. The smallest absolute Gasteiger partial charge is 0.406 e. The van der Waals surface area contributed by atoms with Crippen LogP contribution in [0.3, 0.4) is 0 Å². The average Bonchev–Trinajstić information content (AvgIpc) is 3.75. The van der Waals surface area contributed by atoms with Crippen molar-refractivity contribution in [2.75, 3.05) is 14.9 Å². The Bertz CT molecular complexity index is 1570. The monoisotopic (exact) mass is 597 g/mol. The fraction of sp³-hybridized carbons (Fsp3) is 0.207. The molecule has 9 nitrogen and oxygen atoms in total. The molecule has 0 bridgehead atoms. The summed E-state index contributed by atoms with van der Waals surface area (Å²) in [4.78, 5) is 23.8. The van der Waals surface area contributed by atoms with Gasteiger partial charge < -0.3 is 15.0 Å². The number of nitrogens with zero attached hydrogens (tertiary/aromatic N) is 3. The van der Waals surface area contributed by atoms with Crippen LogP contribution < -0.4 is 19.7 Å². The Hall–Kier alpha value is -4.49. The fourth-order valence-corrected chi connectivity index (χ4v) is 4.73. The van der Waals surface area contributed by atoms with Crippen LogP contribution in [0.25, 0.3) is 0 Å². The lowest BCUT2D eigenvalue weighted by atomic mass is 10.0. The molecular weight excluding hydrogens is 571 g/mol. The second-order valence-electron chi connectivity index (χ2n) is 9.65. The van der Waals surface area contributed by atoms with Gasteiger partial charge in [-0.1, -0.05) is 30.3 Å². The van der Waals surface area contributed by atoms with E-state index >= 15 is 0 Å². The number of carbonyl (C=O) groups is 1. The van der Waals surface area contributed by atoms with Gasteiger partial charge in [0.15, 0.2) is 0 Å². The van der Waals surface area contributed by atoms with Crippen molar-refractivity contribution < 1.29 is 31.5 Å². The van der Waals surface area contributed by atoms with Gasteiger partial charge in [-0.2, -0.15) is 4.98 Å². The largest absolute Gasteiger partial charge is 0.573 e. The van der Waals surface area contributed by atoms with Crippen LogP contribution in [0.15, 0.2) is 85.1 Å². The van der Waals surface area contributed by atoms with Gasteiger partial charge in [-0.25, -0.2) is 9.19 Å². The van der Waals surface area contributed by atoms with Gasteiger partial charge in [-0.3, -0.25) is 14.1 Å². The van der Waals surface area contributed by atoms with Gasteiger partial charge in [0.05, 0.1) is 5.69 Å². The highest BCUT2D eigenvalue weighted by molar-refractivity contribution is 7.80. The molecule has 4 aromatic rings. The van der Waals surface area contributed by atoms with Crippen LogP contribution in [-0.2, 0) is 28.9 Å². The molecule has 1 aromatic heterocycles. The predicted molar refractivity (Wildman–Crippen MR) is 153 cm³/mol. The third kappa shape index (κ3) is 8.27. The lowest BCUT2D eigenvalue weighted by Crippen LogP contribution is -2.21. The van der Waals surface area contributed by atoms with E-state index in [9.17, 15) is 22.2 Å². The van der Waals surface area contributed by atoms with E-state index in [1.165, 1.54) is 24.3 Å². The summed E-state index contributed by atoms with van der Waals surface area (Å²) in [5.41, 5.74) is 3.43. The molecule has 0 radical (unpaired) electrons. The summed E-state index contributed by atoms with van der Waals surface area (Å²) in [7, 11) is 0. The highest BCUT2D eigenvalue weighted by atomic mass is 32.2. The minimum atomic E-state index is -4.76. The van der Waals surface area contributed by atoms with Crippen LogP contribution in [0.5, 0.6) is 5.75 Å². The first-order valence-corrected chi connectivity index (χ1v) is 14.0. The molecule has 3 N–H and O–H groups in total. The van der Waals surface area contributed by atoms with Crippen molar-refractivity contribution in [2.24, 2.45) is 0 Å². The number of Topliss-reactive ketones (excluding diaryl/α,β-unsaturated/α-hetero) is 1. The van der Waals surface area contributed by atoms with Crippen LogP contribution in [-0.4, -0.2) is 36.9 Å². The SMILES string of the molecule is O=C(Cc1ccc(OC(F)(F)F)cc1)Cc1ccc(N(c2ccnc(Nc3cccc(NS(=O)O)c3)n2)C2CC2)cc1. The van der Waals surface area contributed by atoms with Crippen LogP contribution in [0.1, 0.15) is 24.0 Å². The van der Waals surface area contributed by atoms with Crippen molar-refractivity contribution in [3.63, 3.8) is 0 Å². The maximum absolute atomic E-state index is 12.6. The number of nitrogens with one attached hydrogen (secondary N) is 2. The van der Waals surface area contributed by atoms with E-state index in [4.69, 9.17) is 4.55 Å². The summed E-state index contributed by atoms with van der Waals surface area (Å²) in [5.74, 6) is 0.662. The normalized spacial score (nSPS) is 13.7. The van der Waals surface area contributed by atoms with Gasteiger partial charge in [-0.15, -0.1) is 13.2 Å². The highest BCUT2D eigenvalue weighted by Crippen LogP contribution is 2.37. The number of benzene rings is 3. The number of alkyl halides is 3. The van der Waals surface area contributed by atoms with E-state index in [-0.39, 0.29) is 30.4 Å². The fourth-order valence-electron chi connectivity index (χ4n) is 4.40. The van der Waals surface area contributed by atoms with E-state index in [0.717, 1.165) is 24.1 Å². The first kappa shape index (κ1) is 29.0. The Balaban J connectivity index is 1.23. The van der Waals surface area contributed by atoms with Crippen LogP contribution in [0, 0.1) is 0 Å². The number of halogens is 3. The number of anilines is 5. The quantitative estimate of drug-likeness (QED) is 0.163. The second-order valence-corrected chi connectivity index (χ2v) is 10.3. The number of carbonyl (C=O) groups excluding carboxylic acids is 1. The molecule has 0 saturated heterocycles. The number of hydrogen-bond acceptors (Lipinski definition) is 7. The van der Waals surface area contributed by atoms with Gasteiger partial charge in [0.25, 0.3) is 11.3 Å². The predicted octanol–water partition coefficient (Wildman–Crippen LogP) is 6.32. The van der Waals surface area contributed by atoms with Gasteiger partial charge in [0, 0.05) is 36.5 Å². The van der Waals surface area contributed by atoms with Gasteiger partial charge in [-0.05, 0) is 72.5 Å². The molecule has 5 rings (SSSR count). The van der Waals surface area contributed by atoms with E-state index in [2.05, 4.69) is 29.6 Å². The minimum Gasteiger partial charge on any atom is -0.406 e. The van der Waals surface area contributed by atoms with E-state index in [1.54, 1.807) is 30.5 Å². The zero-order valence-electron chi connectivity index (χ0n) is 22.0. The second kappa shape index (κ2) is 12.6. The summed E-state index contributed by atoms with van der Waals surface area (Å²) >= 11 is -2.19. The molecule has 1 atom stereocenters. The molecule has 1 unspecified atom stereocenters. The third-order valence-corrected chi connectivity index (χ3v) is 6.71. The zero-order chi connectivity index (χ0) is 29.7. The molecule has 0 aliphatic heterocycles. The van der Waals surface area contributed by atoms with Crippen molar-refractivity contribution in [1.29, 1.82) is 0 Å². The van der Waals surface area contributed by atoms with Gasteiger partial charge in [0.2, 0.25) is 5.95 Å². The van der Waals surface area contributed by atoms with Crippen molar-refractivity contribution in [1.82, 2.24) is 9.97 Å². The topological polar surface area (TPSA) is 117 Å². The summed E-state index contributed by atoms with van der Waals surface area (Å²) in [6.45, 7) is 0. The Labute approximate surface area is 242 Å². The standard InChI is InChI=1S/C29H26F3N5O4S/c30-29(31,32)41-26-12-6-20(7-13-26)17-25(38)16-19-4-8-23(9-5-19)37(24-10-11-24)27-14-15-33-28(35-27)34-21-2-1-3-22(18-21)36-42(39)40/h1-9,12-15,18,24,36H,10-11,16-17H2,(H,39,40)(H,33,34,35). The molecule has 218 valence electrons. The Morgan fingerprint density at radius 3 is 2.24 bits per heavy atom. The van der Waals surface area contributed by atoms with Gasteiger partial charge >= 0.3 is 6.36 Å². The molecule has 42 heavy (non-hydrogen) atoms. The summed E-state index contributed by atoms with van der Waals surface area (Å²) in [5, 5.41) is 3.12. The van der Waals surface area contributed by atoms with Crippen molar-refractivity contribution in [2.45, 2.75) is 38.1 Å². The number of rotatable bonds is 12. The third-order valence-electron chi connectivity index (χ3n) is 6.30. The molecule has 1 aliphatic carbocycles. The number of aromatic nitrogens is 2.